The van der Waals surface area contributed by atoms with Crippen LogP contribution in [0, 0.1) is 0 Å². The van der Waals surface area contributed by atoms with Gasteiger partial charge in [0, 0.05) is 11.1 Å². The zero-order chi connectivity index (χ0) is 14.8. The van der Waals surface area contributed by atoms with Crippen molar-refractivity contribution in [1.82, 2.24) is 0 Å². The van der Waals surface area contributed by atoms with Gasteiger partial charge in [-0.3, -0.25) is 0 Å². The predicted molar refractivity (Wildman–Crippen MR) is 71.3 cm³/mol. The van der Waals surface area contributed by atoms with Crippen LogP contribution in [-0.4, -0.2) is 31.4 Å². The second-order valence-corrected chi connectivity index (χ2v) is 4.22. The highest BCUT2D eigenvalue weighted by Crippen LogP contribution is 2.04. The van der Waals surface area contributed by atoms with Crippen molar-refractivity contribution in [3.8, 4) is 0 Å². The highest BCUT2D eigenvalue weighted by atomic mass is 16.7. The van der Waals surface area contributed by atoms with Gasteiger partial charge in [-0.1, -0.05) is 26.5 Å². The molecule has 0 saturated heterocycles. The van der Waals surface area contributed by atoms with Gasteiger partial charge in [-0.05, 0) is 20.3 Å². The summed E-state index contributed by atoms with van der Waals surface area (Å²) >= 11 is 0. The summed E-state index contributed by atoms with van der Waals surface area (Å²) in [6, 6.07) is 0. The molecule has 0 aliphatic heterocycles. The molecule has 0 N–H and O–H groups in total. The molecule has 0 aromatic carbocycles. The Kier molecular flexibility index (Phi) is 8.53. The molecule has 0 rings (SSSR count). The number of esters is 2. The summed E-state index contributed by atoms with van der Waals surface area (Å²) < 4.78 is 15.3. The van der Waals surface area contributed by atoms with Gasteiger partial charge in [0.25, 0.3) is 0 Å². The lowest BCUT2D eigenvalue weighted by Gasteiger charge is -2.18. The molecule has 0 heterocycles. The molecule has 19 heavy (non-hydrogen) atoms. The van der Waals surface area contributed by atoms with Gasteiger partial charge in [-0.25, -0.2) is 9.59 Å². The fourth-order valence-corrected chi connectivity index (χ4v) is 0.962. The summed E-state index contributed by atoms with van der Waals surface area (Å²) in [6.07, 6.45) is 0.862. The van der Waals surface area contributed by atoms with Crippen molar-refractivity contribution >= 4 is 11.9 Å². The quantitative estimate of drug-likeness (QED) is 0.278. The highest BCUT2D eigenvalue weighted by Gasteiger charge is 2.18. The minimum absolute atomic E-state index is 0.158. The second kappa shape index (κ2) is 9.33. The van der Waals surface area contributed by atoms with Crippen LogP contribution in [-0.2, 0) is 23.8 Å². The Labute approximate surface area is 114 Å². The maximum atomic E-state index is 11.4. The molecule has 5 nitrogen and oxygen atoms in total. The minimum atomic E-state index is -0.918. The standard InChI is InChI=1S/C14H22O5/c1-6-7-8-17-12(19-14(16)11(4)5)9-18-13(15)10(2)3/h12H,2,4,6-9H2,1,3,5H3. The summed E-state index contributed by atoms with van der Waals surface area (Å²) in [6.45, 7) is 12.3. The molecule has 1 unspecified atom stereocenters. The van der Waals surface area contributed by atoms with Crippen molar-refractivity contribution in [2.24, 2.45) is 0 Å². The summed E-state index contributed by atoms with van der Waals surface area (Å²) in [5, 5.41) is 0. The van der Waals surface area contributed by atoms with Gasteiger partial charge in [0.15, 0.2) is 6.61 Å². The van der Waals surface area contributed by atoms with Gasteiger partial charge in [-0.2, -0.15) is 0 Å². The van der Waals surface area contributed by atoms with Crippen LogP contribution in [0.5, 0.6) is 0 Å². The minimum Gasteiger partial charge on any atom is -0.456 e. The van der Waals surface area contributed by atoms with Gasteiger partial charge in [0.2, 0.25) is 6.29 Å². The van der Waals surface area contributed by atoms with Crippen molar-refractivity contribution < 1.29 is 23.8 Å². The van der Waals surface area contributed by atoms with E-state index in [1.54, 1.807) is 0 Å². The molecule has 0 amide bonds. The van der Waals surface area contributed by atoms with E-state index in [2.05, 4.69) is 13.2 Å². The van der Waals surface area contributed by atoms with E-state index < -0.39 is 18.2 Å². The molecule has 0 fully saturated rings. The van der Waals surface area contributed by atoms with Crippen LogP contribution in [0.4, 0.5) is 0 Å². The number of rotatable bonds is 9. The lowest BCUT2D eigenvalue weighted by Crippen LogP contribution is -2.28. The largest absolute Gasteiger partial charge is 0.456 e. The van der Waals surface area contributed by atoms with E-state index in [0.29, 0.717) is 6.61 Å². The first-order valence-electron chi connectivity index (χ1n) is 6.19. The molecular weight excluding hydrogens is 248 g/mol. The van der Waals surface area contributed by atoms with Crippen molar-refractivity contribution in [2.75, 3.05) is 13.2 Å². The number of hydrogen-bond acceptors (Lipinski definition) is 5. The fourth-order valence-electron chi connectivity index (χ4n) is 0.962. The molecule has 0 aromatic heterocycles. The molecule has 0 aliphatic rings. The smallest absolute Gasteiger partial charge is 0.335 e. The van der Waals surface area contributed by atoms with Crippen LogP contribution in [0.25, 0.3) is 0 Å². The number of unbranched alkanes of at least 4 members (excludes halogenated alkanes) is 1. The third kappa shape index (κ3) is 8.15. The summed E-state index contributed by atoms with van der Waals surface area (Å²) in [4.78, 5) is 22.7. The Morgan fingerprint density at radius 3 is 2.16 bits per heavy atom. The Bertz CT molecular complexity index is 346. The zero-order valence-electron chi connectivity index (χ0n) is 11.9. The Morgan fingerprint density at radius 2 is 1.68 bits per heavy atom. The molecule has 5 heteroatoms. The van der Waals surface area contributed by atoms with E-state index in [0.717, 1.165) is 12.8 Å². The van der Waals surface area contributed by atoms with Crippen LogP contribution in [0.15, 0.2) is 24.3 Å². The van der Waals surface area contributed by atoms with Crippen molar-refractivity contribution in [2.45, 2.75) is 39.9 Å². The lowest BCUT2D eigenvalue weighted by atomic mass is 10.3. The first-order chi connectivity index (χ1) is 8.88. The maximum Gasteiger partial charge on any atom is 0.335 e. The summed E-state index contributed by atoms with van der Waals surface area (Å²) in [7, 11) is 0. The molecule has 0 aliphatic carbocycles. The average Bonchev–Trinajstić information content (AvgIpc) is 2.34. The monoisotopic (exact) mass is 270 g/mol. The summed E-state index contributed by atoms with van der Waals surface area (Å²) in [5.74, 6) is -1.12. The van der Waals surface area contributed by atoms with E-state index in [1.807, 2.05) is 6.92 Å². The third-order valence-electron chi connectivity index (χ3n) is 2.09. The number of ether oxygens (including phenoxy) is 3. The van der Waals surface area contributed by atoms with E-state index in [-0.39, 0.29) is 17.8 Å². The third-order valence-corrected chi connectivity index (χ3v) is 2.09. The molecule has 0 bridgehead atoms. The van der Waals surface area contributed by atoms with Crippen molar-refractivity contribution in [1.29, 1.82) is 0 Å². The summed E-state index contributed by atoms with van der Waals surface area (Å²) in [5.41, 5.74) is 0.536. The Hall–Kier alpha value is -1.62. The Morgan fingerprint density at radius 1 is 1.11 bits per heavy atom. The number of hydrogen-bond donors (Lipinski definition) is 0. The molecule has 0 saturated carbocycles. The van der Waals surface area contributed by atoms with Crippen LogP contribution in [0.2, 0.25) is 0 Å². The molecular formula is C14H22O5. The van der Waals surface area contributed by atoms with Gasteiger partial charge in [0.05, 0.1) is 6.61 Å². The van der Waals surface area contributed by atoms with Crippen LogP contribution in [0.3, 0.4) is 0 Å². The molecule has 1 atom stereocenters. The van der Waals surface area contributed by atoms with Gasteiger partial charge in [0.1, 0.15) is 0 Å². The maximum absolute atomic E-state index is 11.4. The van der Waals surface area contributed by atoms with E-state index in [4.69, 9.17) is 14.2 Å². The van der Waals surface area contributed by atoms with Gasteiger partial charge >= 0.3 is 11.9 Å². The van der Waals surface area contributed by atoms with Gasteiger partial charge < -0.3 is 14.2 Å². The number of carbonyl (C=O) groups excluding carboxylic acids is 2. The molecule has 0 aromatic rings. The fraction of sp³-hybridized carbons (Fsp3) is 0.571. The highest BCUT2D eigenvalue weighted by molar-refractivity contribution is 5.87. The Balaban J connectivity index is 4.32. The normalized spacial score (nSPS) is 11.5. The topological polar surface area (TPSA) is 61.8 Å². The van der Waals surface area contributed by atoms with E-state index >= 15 is 0 Å². The first kappa shape index (κ1) is 17.4. The number of carbonyl (C=O) groups is 2. The zero-order valence-corrected chi connectivity index (χ0v) is 11.9. The van der Waals surface area contributed by atoms with Crippen LogP contribution in [0.1, 0.15) is 33.6 Å². The van der Waals surface area contributed by atoms with Crippen molar-refractivity contribution in [3.05, 3.63) is 24.3 Å². The first-order valence-corrected chi connectivity index (χ1v) is 6.19. The van der Waals surface area contributed by atoms with E-state index in [9.17, 15) is 9.59 Å². The SMILES string of the molecule is C=C(C)C(=O)OCC(OCCCC)OC(=O)C(=C)C. The van der Waals surface area contributed by atoms with Crippen molar-refractivity contribution in [3.63, 3.8) is 0 Å². The predicted octanol–water partition coefficient (Wildman–Crippen LogP) is 2.37. The molecule has 0 radical (unpaired) electrons. The molecule has 0 spiro atoms. The van der Waals surface area contributed by atoms with Crippen LogP contribution >= 0.6 is 0 Å². The average molecular weight is 270 g/mol. The molecule has 108 valence electrons. The van der Waals surface area contributed by atoms with Crippen LogP contribution < -0.4 is 0 Å². The van der Waals surface area contributed by atoms with Gasteiger partial charge in [-0.15, -0.1) is 0 Å². The van der Waals surface area contributed by atoms with E-state index in [1.165, 1.54) is 13.8 Å². The lowest BCUT2D eigenvalue weighted by molar-refractivity contribution is -0.190. The second-order valence-electron chi connectivity index (χ2n) is 4.22.